The highest BCUT2D eigenvalue weighted by Gasteiger charge is 2.35. The van der Waals surface area contributed by atoms with Gasteiger partial charge in [0.25, 0.3) is 11.8 Å². The average molecular weight is 999 g/mol. The van der Waals surface area contributed by atoms with Crippen molar-refractivity contribution >= 4 is 61.5 Å². The molecule has 21 nitrogen and oxygen atoms in total. The van der Waals surface area contributed by atoms with E-state index in [1.807, 2.05) is 0 Å². The number of aliphatic carboxylic acids is 2. The van der Waals surface area contributed by atoms with Crippen LogP contribution in [0.5, 0.6) is 0 Å². The molecule has 0 saturated carbocycles. The van der Waals surface area contributed by atoms with Crippen molar-refractivity contribution in [2.45, 2.75) is 19.3 Å². The first-order valence-corrected chi connectivity index (χ1v) is 21.3. The Labute approximate surface area is 367 Å². The summed E-state index contributed by atoms with van der Waals surface area (Å²) in [6.45, 7) is 8.15. The lowest BCUT2D eigenvalue weighted by Crippen LogP contribution is -2.37. The number of carbonyl (C=O) groups is 5. The summed E-state index contributed by atoms with van der Waals surface area (Å²) in [5.74, 6) is -2.75. The largest absolute Gasteiger partial charge is 0.481 e. The van der Waals surface area contributed by atoms with Crippen LogP contribution in [0.4, 0.5) is 0 Å². The molecule has 1 rings (SSSR count). The minimum atomic E-state index is -0.910. The third kappa shape index (κ3) is 31.6. The summed E-state index contributed by atoms with van der Waals surface area (Å²) in [5, 5.41) is 17.2. The highest BCUT2D eigenvalue weighted by Crippen LogP contribution is 2.29. The van der Waals surface area contributed by atoms with Gasteiger partial charge in [-0.1, -0.05) is 0 Å². The highest BCUT2D eigenvalue weighted by molar-refractivity contribution is 9.14. The molecule has 1 heterocycles. The van der Waals surface area contributed by atoms with E-state index in [9.17, 15) is 24.0 Å². The standard InChI is InChI=1S/C37H62Br2N2O19/c38-34-35(39)37(48)41(36(34)47)6-12-54-18-24-60-30-25-55-19-13-49-7-1-31(42)40(4-10-52-16-22-58-28-26-56-20-14-50-8-2-32(43)44)5-11-53-17-23-59-29-27-57-21-15-51-9-3-33(45)46/h1-30H2,(H,43,44)(H,45,46). The molecular weight excluding hydrogens is 936 g/mol. The third-order valence-corrected chi connectivity index (χ3v) is 9.61. The Morgan fingerprint density at radius 2 is 0.650 bits per heavy atom. The van der Waals surface area contributed by atoms with Crippen LogP contribution in [0.3, 0.4) is 0 Å². The molecule has 1 aliphatic heterocycles. The predicted molar refractivity (Wildman–Crippen MR) is 217 cm³/mol. The summed E-state index contributed by atoms with van der Waals surface area (Å²) < 4.78 is 65.7. The Kier molecular flexibility index (Phi) is 36.8. The maximum atomic E-state index is 13.0. The maximum Gasteiger partial charge on any atom is 0.305 e. The monoisotopic (exact) mass is 996 g/mol. The number of hydrogen-bond acceptors (Lipinski definition) is 17. The van der Waals surface area contributed by atoms with Crippen molar-refractivity contribution in [3.8, 4) is 0 Å². The van der Waals surface area contributed by atoms with Crippen molar-refractivity contribution in [1.29, 1.82) is 0 Å². The second kappa shape index (κ2) is 39.6. The Morgan fingerprint density at radius 3 is 0.950 bits per heavy atom. The fraction of sp³-hybridized carbons (Fsp3) is 0.811. The Hall–Kier alpha value is -2.23. The molecule has 0 unspecified atom stereocenters. The van der Waals surface area contributed by atoms with Crippen molar-refractivity contribution in [1.82, 2.24) is 9.80 Å². The highest BCUT2D eigenvalue weighted by atomic mass is 79.9. The molecular formula is C37H62Br2N2O19. The van der Waals surface area contributed by atoms with Gasteiger partial charge in [0, 0.05) is 13.1 Å². The Bertz CT molecular complexity index is 1140. The summed E-state index contributed by atoms with van der Waals surface area (Å²) in [5.41, 5.74) is 0. The minimum Gasteiger partial charge on any atom is -0.481 e. The number of carboxylic acids is 2. The molecule has 0 aromatic heterocycles. The van der Waals surface area contributed by atoms with Crippen LogP contribution >= 0.6 is 31.9 Å². The van der Waals surface area contributed by atoms with Crippen LogP contribution in [-0.4, -0.2) is 228 Å². The van der Waals surface area contributed by atoms with E-state index >= 15 is 0 Å². The fourth-order valence-corrected chi connectivity index (χ4v) is 5.28. The van der Waals surface area contributed by atoms with E-state index in [0.717, 1.165) is 4.90 Å². The zero-order valence-corrected chi connectivity index (χ0v) is 37.4. The molecule has 0 radical (unpaired) electrons. The van der Waals surface area contributed by atoms with Gasteiger partial charge in [0.2, 0.25) is 5.91 Å². The molecule has 0 fully saturated rings. The summed E-state index contributed by atoms with van der Waals surface area (Å²) in [6, 6.07) is 0. The van der Waals surface area contributed by atoms with Gasteiger partial charge in [-0.2, -0.15) is 0 Å². The first kappa shape index (κ1) is 55.8. The van der Waals surface area contributed by atoms with Crippen molar-refractivity contribution < 1.29 is 91.0 Å². The molecule has 0 spiro atoms. The molecule has 1 aliphatic rings. The summed E-state index contributed by atoms with van der Waals surface area (Å²) in [7, 11) is 0. The van der Waals surface area contributed by atoms with Crippen LogP contribution in [0.1, 0.15) is 19.3 Å². The summed E-state index contributed by atoms with van der Waals surface area (Å²) in [4.78, 5) is 60.6. The number of carboxylic acid groups (broad SMARTS) is 2. The van der Waals surface area contributed by atoms with Crippen LogP contribution in [0, 0.1) is 0 Å². The first-order valence-electron chi connectivity index (χ1n) is 19.7. The molecule has 0 bridgehead atoms. The van der Waals surface area contributed by atoms with Crippen molar-refractivity contribution in [2.24, 2.45) is 0 Å². The number of imide groups is 1. The van der Waals surface area contributed by atoms with Crippen LogP contribution < -0.4 is 0 Å². The number of carbonyl (C=O) groups excluding carboxylic acids is 3. The van der Waals surface area contributed by atoms with Crippen LogP contribution in [0.15, 0.2) is 8.96 Å². The number of halogens is 2. The van der Waals surface area contributed by atoms with Gasteiger partial charge in [0.15, 0.2) is 0 Å². The molecule has 348 valence electrons. The van der Waals surface area contributed by atoms with Gasteiger partial charge in [0.05, 0.1) is 184 Å². The van der Waals surface area contributed by atoms with Crippen molar-refractivity contribution in [3.05, 3.63) is 8.96 Å². The molecule has 60 heavy (non-hydrogen) atoms. The second-order valence-electron chi connectivity index (χ2n) is 12.2. The number of hydrogen-bond donors (Lipinski definition) is 2. The molecule has 23 heteroatoms. The Morgan fingerprint density at radius 1 is 0.400 bits per heavy atom. The quantitative estimate of drug-likeness (QED) is 0.0631. The average Bonchev–Trinajstić information content (AvgIpc) is 3.40. The van der Waals surface area contributed by atoms with E-state index in [2.05, 4.69) is 31.9 Å². The van der Waals surface area contributed by atoms with Crippen LogP contribution in [0.2, 0.25) is 0 Å². The lowest BCUT2D eigenvalue weighted by molar-refractivity contribution is -0.139. The first-order chi connectivity index (χ1) is 29.1. The number of rotatable bonds is 45. The molecule has 0 aromatic rings. The minimum absolute atomic E-state index is 0.0474. The number of amides is 3. The van der Waals surface area contributed by atoms with Crippen molar-refractivity contribution in [3.63, 3.8) is 0 Å². The van der Waals surface area contributed by atoms with Gasteiger partial charge in [-0.25, -0.2) is 0 Å². The van der Waals surface area contributed by atoms with Gasteiger partial charge < -0.3 is 72.0 Å². The van der Waals surface area contributed by atoms with Gasteiger partial charge in [-0.3, -0.25) is 28.9 Å². The van der Waals surface area contributed by atoms with Gasteiger partial charge >= 0.3 is 11.9 Å². The normalized spacial score (nSPS) is 12.9. The molecule has 3 amide bonds. The Balaban J connectivity index is 2.16. The van der Waals surface area contributed by atoms with Gasteiger partial charge in [-0.05, 0) is 31.9 Å². The van der Waals surface area contributed by atoms with Crippen LogP contribution in [-0.2, 0) is 80.8 Å². The van der Waals surface area contributed by atoms with Crippen molar-refractivity contribution in [2.75, 3.05) is 178 Å². The van der Waals surface area contributed by atoms with E-state index < -0.39 is 23.8 Å². The third-order valence-electron chi connectivity index (χ3n) is 7.61. The summed E-state index contributed by atoms with van der Waals surface area (Å²) >= 11 is 6.16. The number of ether oxygens (including phenoxy) is 12. The topological polar surface area (TPSA) is 243 Å². The van der Waals surface area contributed by atoms with Gasteiger partial charge in [-0.15, -0.1) is 0 Å². The molecule has 0 aromatic carbocycles. The summed E-state index contributed by atoms with van der Waals surface area (Å²) in [6.07, 6.45) is 0.0676. The van der Waals surface area contributed by atoms with E-state index in [4.69, 9.17) is 67.1 Å². The zero-order chi connectivity index (χ0) is 43.9. The fourth-order valence-electron chi connectivity index (χ4n) is 4.51. The van der Waals surface area contributed by atoms with E-state index in [1.54, 1.807) is 4.90 Å². The van der Waals surface area contributed by atoms with E-state index in [1.165, 1.54) is 0 Å². The number of nitrogens with zero attached hydrogens (tertiary/aromatic N) is 2. The van der Waals surface area contributed by atoms with E-state index in [0.29, 0.717) is 145 Å². The SMILES string of the molecule is O=C(O)CCOCCOCCOCCOCCN(CCOCCOCCOCCOCCC(=O)O)C(=O)CCOCCOCCOCCOCCN1C(=O)C(Br)=C(Br)C1=O. The molecule has 2 N–H and O–H groups in total. The lowest BCUT2D eigenvalue weighted by atomic mass is 10.3. The molecule has 0 atom stereocenters. The smallest absolute Gasteiger partial charge is 0.305 e. The van der Waals surface area contributed by atoms with E-state index in [-0.39, 0.29) is 67.1 Å². The van der Waals surface area contributed by atoms with Gasteiger partial charge in [0.1, 0.15) is 8.96 Å². The zero-order valence-electron chi connectivity index (χ0n) is 34.2. The second-order valence-corrected chi connectivity index (χ2v) is 13.7. The molecule has 0 aliphatic carbocycles. The maximum absolute atomic E-state index is 13.0. The lowest BCUT2D eigenvalue weighted by Gasteiger charge is -2.23. The van der Waals surface area contributed by atoms with Crippen LogP contribution in [0.25, 0.3) is 0 Å². The predicted octanol–water partition coefficient (Wildman–Crippen LogP) is 0.724. The molecule has 0 saturated heterocycles.